The van der Waals surface area contributed by atoms with Gasteiger partial charge in [-0.05, 0) is 58.2 Å². The molecular weight excluding hydrogens is 368 g/mol. The topological polar surface area (TPSA) is 55.8 Å². The lowest BCUT2D eigenvalue weighted by Crippen LogP contribution is -2.50. The van der Waals surface area contributed by atoms with Crippen molar-refractivity contribution < 1.29 is 27.8 Å². The maximum atomic E-state index is 16.0. The molecular formula is C21H27F2NO4. The minimum absolute atomic E-state index is 0.0687. The van der Waals surface area contributed by atoms with Crippen molar-refractivity contribution in [2.75, 3.05) is 19.7 Å². The average Bonchev–Trinajstić information content (AvgIpc) is 2.59. The summed E-state index contributed by atoms with van der Waals surface area (Å²) in [7, 11) is 0. The van der Waals surface area contributed by atoms with Crippen LogP contribution in [0.2, 0.25) is 0 Å². The monoisotopic (exact) mass is 395 g/mol. The number of amides is 1. The van der Waals surface area contributed by atoms with Gasteiger partial charge in [0.2, 0.25) is 0 Å². The molecule has 5 nitrogen and oxygen atoms in total. The fraction of sp³-hybridized carbons (Fsp3) is 0.524. The minimum atomic E-state index is -1.99. The molecule has 0 aromatic heterocycles. The predicted octanol–water partition coefficient (Wildman–Crippen LogP) is 4.51. The third-order valence-corrected chi connectivity index (χ3v) is 4.28. The SMILES string of the molecule is CCOC(=O)C=C(c1ccc(F)cc1)C1(F)CCCN(C(=O)OC(C)(C)C)C1. The normalized spacial score (nSPS) is 20.6. The average molecular weight is 395 g/mol. The molecule has 1 unspecified atom stereocenters. The van der Waals surface area contributed by atoms with Crippen LogP contribution in [-0.2, 0) is 14.3 Å². The van der Waals surface area contributed by atoms with Gasteiger partial charge >= 0.3 is 12.1 Å². The number of nitrogens with zero attached hydrogens (tertiary/aromatic N) is 1. The first-order valence-corrected chi connectivity index (χ1v) is 9.36. The molecule has 1 atom stereocenters. The van der Waals surface area contributed by atoms with Gasteiger partial charge < -0.3 is 14.4 Å². The fourth-order valence-electron chi connectivity index (χ4n) is 3.12. The van der Waals surface area contributed by atoms with Crippen molar-refractivity contribution in [3.63, 3.8) is 0 Å². The Hall–Kier alpha value is -2.44. The zero-order chi connectivity index (χ0) is 20.9. The van der Waals surface area contributed by atoms with Crippen LogP contribution in [0.5, 0.6) is 0 Å². The van der Waals surface area contributed by atoms with Crippen molar-refractivity contribution in [1.82, 2.24) is 4.90 Å². The number of esters is 1. The van der Waals surface area contributed by atoms with Gasteiger partial charge in [-0.15, -0.1) is 0 Å². The van der Waals surface area contributed by atoms with Crippen molar-refractivity contribution >= 4 is 17.6 Å². The second-order valence-corrected chi connectivity index (χ2v) is 7.79. The van der Waals surface area contributed by atoms with Crippen LogP contribution in [0.4, 0.5) is 13.6 Å². The Balaban J connectivity index is 2.36. The van der Waals surface area contributed by atoms with E-state index in [1.165, 1.54) is 29.2 Å². The third kappa shape index (κ3) is 5.78. The van der Waals surface area contributed by atoms with Gasteiger partial charge in [0.1, 0.15) is 11.4 Å². The molecule has 1 aromatic rings. The van der Waals surface area contributed by atoms with E-state index in [1.54, 1.807) is 27.7 Å². The molecule has 0 radical (unpaired) electrons. The molecule has 1 aliphatic rings. The summed E-state index contributed by atoms with van der Waals surface area (Å²) in [6.07, 6.45) is 1.00. The van der Waals surface area contributed by atoms with Gasteiger partial charge in [-0.3, -0.25) is 0 Å². The Morgan fingerprint density at radius 3 is 2.46 bits per heavy atom. The highest BCUT2D eigenvalue weighted by molar-refractivity contribution is 5.93. The molecule has 0 spiro atoms. The first-order chi connectivity index (χ1) is 13.0. The summed E-state index contributed by atoms with van der Waals surface area (Å²) >= 11 is 0. The zero-order valence-corrected chi connectivity index (χ0v) is 16.8. The zero-order valence-electron chi connectivity index (χ0n) is 16.8. The van der Waals surface area contributed by atoms with Crippen LogP contribution >= 0.6 is 0 Å². The van der Waals surface area contributed by atoms with E-state index in [4.69, 9.17) is 9.47 Å². The Morgan fingerprint density at radius 2 is 1.89 bits per heavy atom. The lowest BCUT2D eigenvalue weighted by molar-refractivity contribution is -0.137. The molecule has 0 saturated carbocycles. The first-order valence-electron chi connectivity index (χ1n) is 9.36. The number of rotatable bonds is 4. The van der Waals surface area contributed by atoms with E-state index >= 15 is 4.39 Å². The molecule has 0 N–H and O–H groups in total. The van der Waals surface area contributed by atoms with E-state index < -0.39 is 29.1 Å². The lowest BCUT2D eigenvalue weighted by atomic mass is 9.83. The number of ether oxygens (including phenoxy) is 2. The molecule has 1 aromatic carbocycles. The summed E-state index contributed by atoms with van der Waals surface area (Å²) in [5.74, 6) is -1.15. The number of hydrogen-bond donors (Lipinski definition) is 0. The van der Waals surface area contributed by atoms with Gasteiger partial charge in [-0.25, -0.2) is 18.4 Å². The number of benzene rings is 1. The van der Waals surface area contributed by atoms with E-state index in [2.05, 4.69) is 0 Å². The van der Waals surface area contributed by atoms with E-state index in [9.17, 15) is 14.0 Å². The van der Waals surface area contributed by atoms with E-state index in [-0.39, 0.29) is 25.1 Å². The predicted molar refractivity (Wildman–Crippen MR) is 102 cm³/mol. The van der Waals surface area contributed by atoms with E-state index in [0.29, 0.717) is 18.5 Å². The van der Waals surface area contributed by atoms with Crippen molar-refractivity contribution in [2.45, 2.75) is 51.8 Å². The molecule has 1 aliphatic heterocycles. The minimum Gasteiger partial charge on any atom is -0.463 e. The second kappa shape index (κ2) is 8.71. The van der Waals surface area contributed by atoms with Crippen LogP contribution in [-0.4, -0.2) is 47.9 Å². The van der Waals surface area contributed by atoms with E-state index in [1.807, 2.05) is 0 Å². The van der Waals surface area contributed by atoms with Crippen molar-refractivity contribution in [3.8, 4) is 0 Å². The molecule has 0 aliphatic carbocycles. The largest absolute Gasteiger partial charge is 0.463 e. The van der Waals surface area contributed by atoms with Crippen LogP contribution in [0.1, 0.15) is 46.1 Å². The highest BCUT2D eigenvalue weighted by Gasteiger charge is 2.42. The Morgan fingerprint density at radius 1 is 1.25 bits per heavy atom. The fourth-order valence-corrected chi connectivity index (χ4v) is 3.12. The Bertz CT molecular complexity index is 740. The molecule has 1 saturated heterocycles. The molecule has 28 heavy (non-hydrogen) atoms. The van der Waals surface area contributed by atoms with Crippen molar-refractivity contribution in [1.29, 1.82) is 0 Å². The number of hydrogen-bond acceptors (Lipinski definition) is 4. The quantitative estimate of drug-likeness (QED) is 0.556. The van der Waals surface area contributed by atoms with E-state index in [0.717, 1.165) is 6.08 Å². The summed E-state index contributed by atoms with van der Waals surface area (Å²) in [6.45, 7) is 7.11. The van der Waals surface area contributed by atoms with Crippen LogP contribution < -0.4 is 0 Å². The summed E-state index contributed by atoms with van der Waals surface area (Å²) in [5, 5.41) is 0. The number of carbonyl (C=O) groups is 2. The van der Waals surface area contributed by atoms with Crippen molar-refractivity contribution in [2.24, 2.45) is 0 Å². The first kappa shape index (κ1) is 21.9. The highest BCUT2D eigenvalue weighted by Crippen LogP contribution is 2.39. The van der Waals surface area contributed by atoms with Gasteiger partial charge in [-0.1, -0.05) is 12.1 Å². The smallest absolute Gasteiger partial charge is 0.410 e. The third-order valence-electron chi connectivity index (χ3n) is 4.28. The molecule has 1 heterocycles. The summed E-state index contributed by atoms with van der Waals surface area (Å²) < 4.78 is 39.7. The number of alkyl halides is 1. The Labute approximate surface area is 164 Å². The van der Waals surface area contributed by atoms with Crippen molar-refractivity contribution in [3.05, 3.63) is 41.7 Å². The number of likely N-dealkylation sites (tertiary alicyclic amines) is 1. The number of piperidine rings is 1. The molecule has 0 bridgehead atoms. The number of carbonyl (C=O) groups excluding carboxylic acids is 2. The molecule has 1 amide bonds. The molecule has 1 fully saturated rings. The van der Waals surface area contributed by atoms with Gasteiger partial charge in [0, 0.05) is 18.2 Å². The van der Waals surface area contributed by atoms with Crippen LogP contribution in [0, 0.1) is 5.82 Å². The van der Waals surface area contributed by atoms with Gasteiger partial charge in [-0.2, -0.15) is 0 Å². The second-order valence-electron chi connectivity index (χ2n) is 7.79. The van der Waals surface area contributed by atoms with Gasteiger partial charge in [0.05, 0.1) is 13.2 Å². The van der Waals surface area contributed by atoms with Crippen LogP contribution in [0.15, 0.2) is 30.3 Å². The highest BCUT2D eigenvalue weighted by atomic mass is 19.1. The molecule has 2 rings (SSSR count). The lowest BCUT2D eigenvalue weighted by Gasteiger charge is -2.39. The van der Waals surface area contributed by atoms with Gasteiger partial charge in [0.25, 0.3) is 0 Å². The summed E-state index contributed by atoms with van der Waals surface area (Å²) in [5.41, 5.74) is -2.25. The molecule has 7 heteroatoms. The number of halogens is 2. The standard InChI is InChI=1S/C21H27F2NO4/c1-5-27-18(25)13-17(15-7-9-16(22)10-8-15)21(23)11-6-12-24(14-21)19(26)28-20(2,3)4/h7-10,13H,5-6,11-12,14H2,1-4H3. The maximum absolute atomic E-state index is 16.0. The summed E-state index contributed by atoms with van der Waals surface area (Å²) in [4.78, 5) is 25.7. The Kier molecular flexibility index (Phi) is 6.80. The summed E-state index contributed by atoms with van der Waals surface area (Å²) in [6, 6.07) is 5.22. The van der Waals surface area contributed by atoms with Gasteiger partial charge in [0.15, 0.2) is 5.67 Å². The van der Waals surface area contributed by atoms with Crippen LogP contribution in [0.3, 0.4) is 0 Å². The molecule has 154 valence electrons. The van der Waals surface area contributed by atoms with Crippen LogP contribution in [0.25, 0.3) is 5.57 Å². The maximum Gasteiger partial charge on any atom is 0.410 e.